The van der Waals surface area contributed by atoms with Crippen molar-refractivity contribution >= 4 is 17.7 Å². The van der Waals surface area contributed by atoms with Crippen molar-refractivity contribution in [2.24, 2.45) is 0 Å². The molecule has 0 N–H and O–H groups in total. The number of hydrogen-bond donors (Lipinski definition) is 0. The van der Waals surface area contributed by atoms with Gasteiger partial charge in [0, 0.05) is 11.3 Å². The third-order valence-corrected chi connectivity index (χ3v) is 4.89. The number of aromatic nitrogens is 3. The predicted octanol–water partition coefficient (Wildman–Crippen LogP) is 4.00. The van der Waals surface area contributed by atoms with E-state index in [-0.39, 0.29) is 11.7 Å². The molecule has 2 aromatic carbocycles. The molecule has 1 heterocycles. The second-order valence-electron chi connectivity index (χ2n) is 5.89. The van der Waals surface area contributed by atoms with E-state index in [1.54, 1.807) is 14.0 Å². The number of methoxy groups -OCH3 is 1. The summed E-state index contributed by atoms with van der Waals surface area (Å²) in [6, 6.07) is 15.3. The summed E-state index contributed by atoms with van der Waals surface area (Å²) in [4.78, 5) is 11.8. The number of nitrogens with zero attached hydrogens (tertiary/aromatic N) is 3. The van der Waals surface area contributed by atoms with Gasteiger partial charge in [-0.3, -0.25) is 9.36 Å². The first-order valence-electron chi connectivity index (χ1n) is 9.27. The van der Waals surface area contributed by atoms with Crippen LogP contribution in [0.3, 0.4) is 0 Å². The Kier molecular flexibility index (Phi) is 7.13. The van der Waals surface area contributed by atoms with Crippen molar-refractivity contribution in [1.29, 1.82) is 0 Å². The Hall–Kier alpha value is -3.00. The molecule has 3 rings (SSSR count). The van der Waals surface area contributed by atoms with Gasteiger partial charge in [0.05, 0.1) is 26.1 Å². The highest BCUT2D eigenvalue weighted by Crippen LogP contribution is 2.30. The van der Waals surface area contributed by atoms with Gasteiger partial charge < -0.3 is 14.2 Å². The molecule has 8 heteroatoms. The lowest BCUT2D eigenvalue weighted by molar-refractivity contribution is -0.139. The minimum atomic E-state index is -0.290. The maximum atomic E-state index is 11.8. The van der Waals surface area contributed by atoms with E-state index in [0.29, 0.717) is 24.2 Å². The highest BCUT2D eigenvalue weighted by molar-refractivity contribution is 7.99. The highest BCUT2D eigenvalue weighted by atomic mass is 32.2. The number of hydrogen-bond acceptors (Lipinski definition) is 7. The standard InChI is InChI=1S/C21H23N3O4S/c1-4-27-17-11-9-16(10-12-17)24-20(15-7-6-8-18(13-15)26-3)22-23-21(24)29-14-19(25)28-5-2/h6-13H,4-5,14H2,1-3H3. The molecule has 29 heavy (non-hydrogen) atoms. The largest absolute Gasteiger partial charge is 0.497 e. The summed E-state index contributed by atoms with van der Waals surface area (Å²) in [7, 11) is 1.62. The molecule has 0 aliphatic rings. The number of rotatable bonds is 9. The fourth-order valence-corrected chi connectivity index (χ4v) is 3.48. The van der Waals surface area contributed by atoms with Crippen molar-refractivity contribution in [3.8, 4) is 28.6 Å². The van der Waals surface area contributed by atoms with Crippen LogP contribution in [0.5, 0.6) is 11.5 Å². The SMILES string of the molecule is CCOC(=O)CSc1nnc(-c2cccc(OC)c2)n1-c1ccc(OCC)cc1. The predicted molar refractivity (Wildman–Crippen MR) is 112 cm³/mol. The van der Waals surface area contributed by atoms with Crippen LogP contribution in [0.4, 0.5) is 0 Å². The number of esters is 1. The summed E-state index contributed by atoms with van der Waals surface area (Å²) in [5, 5.41) is 9.28. The molecule has 3 aromatic rings. The fraction of sp³-hybridized carbons (Fsp3) is 0.286. The van der Waals surface area contributed by atoms with Crippen molar-refractivity contribution < 1.29 is 19.0 Å². The molecule has 0 bridgehead atoms. The third-order valence-electron chi connectivity index (χ3n) is 3.99. The Morgan fingerprint density at radius 1 is 1.03 bits per heavy atom. The van der Waals surface area contributed by atoms with Gasteiger partial charge in [-0.15, -0.1) is 10.2 Å². The first-order chi connectivity index (χ1) is 14.2. The van der Waals surface area contributed by atoms with E-state index in [4.69, 9.17) is 14.2 Å². The Labute approximate surface area is 174 Å². The number of carbonyl (C=O) groups excluding carboxylic acids is 1. The average molecular weight is 413 g/mol. The summed E-state index contributed by atoms with van der Waals surface area (Å²) < 4.78 is 17.8. The van der Waals surface area contributed by atoms with Crippen LogP contribution in [0, 0.1) is 0 Å². The highest BCUT2D eigenvalue weighted by Gasteiger charge is 2.18. The fourth-order valence-electron chi connectivity index (χ4n) is 2.73. The van der Waals surface area contributed by atoms with Crippen LogP contribution in [0.1, 0.15) is 13.8 Å². The molecule has 0 fully saturated rings. The van der Waals surface area contributed by atoms with Crippen molar-refractivity contribution in [3.05, 3.63) is 48.5 Å². The average Bonchev–Trinajstić information content (AvgIpc) is 3.17. The number of carbonyl (C=O) groups is 1. The van der Waals surface area contributed by atoms with Crippen molar-refractivity contribution in [2.45, 2.75) is 19.0 Å². The van der Waals surface area contributed by atoms with Crippen LogP contribution in [0.25, 0.3) is 17.1 Å². The van der Waals surface area contributed by atoms with Crippen LogP contribution in [-0.2, 0) is 9.53 Å². The van der Waals surface area contributed by atoms with Gasteiger partial charge in [-0.2, -0.15) is 0 Å². The second kappa shape index (κ2) is 9.97. The van der Waals surface area contributed by atoms with Crippen LogP contribution in [-0.4, -0.2) is 46.8 Å². The Balaban J connectivity index is 2.00. The van der Waals surface area contributed by atoms with E-state index in [9.17, 15) is 4.79 Å². The van der Waals surface area contributed by atoms with E-state index >= 15 is 0 Å². The van der Waals surface area contributed by atoms with Gasteiger partial charge in [0.2, 0.25) is 0 Å². The molecular weight excluding hydrogens is 390 g/mol. The first-order valence-corrected chi connectivity index (χ1v) is 10.3. The molecule has 0 saturated carbocycles. The molecule has 152 valence electrons. The Morgan fingerprint density at radius 3 is 2.52 bits per heavy atom. The molecule has 0 radical (unpaired) electrons. The lowest BCUT2D eigenvalue weighted by Crippen LogP contribution is -2.08. The lowest BCUT2D eigenvalue weighted by atomic mass is 10.2. The number of ether oxygens (including phenoxy) is 3. The van der Waals surface area contributed by atoms with Crippen molar-refractivity contribution in [2.75, 3.05) is 26.1 Å². The van der Waals surface area contributed by atoms with E-state index in [0.717, 1.165) is 22.7 Å². The molecule has 0 saturated heterocycles. The summed E-state index contributed by atoms with van der Waals surface area (Å²) in [5.74, 6) is 2.03. The van der Waals surface area contributed by atoms with Crippen LogP contribution in [0.2, 0.25) is 0 Å². The summed E-state index contributed by atoms with van der Waals surface area (Å²) >= 11 is 1.28. The minimum absolute atomic E-state index is 0.154. The van der Waals surface area contributed by atoms with Crippen LogP contribution >= 0.6 is 11.8 Å². The van der Waals surface area contributed by atoms with Gasteiger partial charge in [0.1, 0.15) is 11.5 Å². The Morgan fingerprint density at radius 2 is 1.83 bits per heavy atom. The van der Waals surface area contributed by atoms with Gasteiger partial charge in [-0.25, -0.2) is 0 Å². The molecule has 0 amide bonds. The zero-order valence-electron chi connectivity index (χ0n) is 16.6. The van der Waals surface area contributed by atoms with E-state index in [1.807, 2.05) is 60.0 Å². The first kappa shape index (κ1) is 20.7. The summed E-state index contributed by atoms with van der Waals surface area (Å²) in [5.41, 5.74) is 1.72. The summed E-state index contributed by atoms with van der Waals surface area (Å²) in [6.45, 7) is 4.67. The van der Waals surface area contributed by atoms with E-state index < -0.39 is 0 Å². The number of benzene rings is 2. The molecule has 0 aliphatic heterocycles. The van der Waals surface area contributed by atoms with Crippen LogP contribution < -0.4 is 9.47 Å². The van der Waals surface area contributed by atoms with Gasteiger partial charge in [-0.05, 0) is 50.2 Å². The van der Waals surface area contributed by atoms with Gasteiger partial charge in [0.15, 0.2) is 11.0 Å². The van der Waals surface area contributed by atoms with Gasteiger partial charge in [0.25, 0.3) is 0 Å². The second-order valence-corrected chi connectivity index (χ2v) is 6.84. The van der Waals surface area contributed by atoms with E-state index in [2.05, 4.69) is 10.2 Å². The quantitative estimate of drug-likeness (QED) is 0.388. The minimum Gasteiger partial charge on any atom is -0.497 e. The maximum Gasteiger partial charge on any atom is 0.316 e. The molecule has 7 nitrogen and oxygen atoms in total. The topological polar surface area (TPSA) is 75.5 Å². The number of thioether (sulfide) groups is 1. The Bertz CT molecular complexity index is 957. The molecule has 0 aliphatic carbocycles. The summed E-state index contributed by atoms with van der Waals surface area (Å²) in [6.07, 6.45) is 0. The van der Waals surface area contributed by atoms with Crippen molar-refractivity contribution in [3.63, 3.8) is 0 Å². The smallest absolute Gasteiger partial charge is 0.316 e. The van der Waals surface area contributed by atoms with Gasteiger partial charge >= 0.3 is 5.97 Å². The molecule has 0 unspecified atom stereocenters. The van der Waals surface area contributed by atoms with Crippen molar-refractivity contribution in [1.82, 2.24) is 14.8 Å². The zero-order chi connectivity index (χ0) is 20.6. The zero-order valence-corrected chi connectivity index (χ0v) is 17.4. The molecule has 1 aromatic heterocycles. The van der Waals surface area contributed by atoms with E-state index in [1.165, 1.54) is 11.8 Å². The molecule has 0 spiro atoms. The normalized spacial score (nSPS) is 10.6. The monoisotopic (exact) mass is 413 g/mol. The van der Waals surface area contributed by atoms with Gasteiger partial charge in [-0.1, -0.05) is 23.9 Å². The molecule has 0 atom stereocenters. The lowest BCUT2D eigenvalue weighted by Gasteiger charge is -2.12. The van der Waals surface area contributed by atoms with Crippen LogP contribution in [0.15, 0.2) is 53.7 Å². The third kappa shape index (κ3) is 5.08. The molecular formula is C21H23N3O4S. The maximum absolute atomic E-state index is 11.8.